The van der Waals surface area contributed by atoms with Crippen molar-refractivity contribution in [3.05, 3.63) is 31.6 Å². The summed E-state index contributed by atoms with van der Waals surface area (Å²) in [5.41, 5.74) is -1.12. The molecule has 1 aromatic heterocycles. The van der Waals surface area contributed by atoms with E-state index in [1.807, 2.05) is 10.5 Å². The summed E-state index contributed by atoms with van der Waals surface area (Å²) in [6, 6.07) is 0. The van der Waals surface area contributed by atoms with Gasteiger partial charge in [0.2, 0.25) is 0 Å². The first-order chi connectivity index (χ1) is 8.11. The maximum absolute atomic E-state index is 11.5. The van der Waals surface area contributed by atoms with E-state index in [0.29, 0.717) is 24.1 Å². The van der Waals surface area contributed by atoms with Gasteiger partial charge in [0.05, 0.1) is 0 Å². The fourth-order valence-corrected chi connectivity index (χ4v) is 0.871. The predicted octanol–water partition coefficient (Wildman–Crippen LogP) is -4.78. The number of rotatable bonds is 6. The number of carbonyl (C=O) groups is 2. The second-order valence-electron chi connectivity index (χ2n) is 2.48. The predicted molar refractivity (Wildman–Crippen MR) is 54.2 cm³/mol. The van der Waals surface area contributed by atoms with Crippen molar-refractivity contribution in [2.75, 3.05) is 0 Å². The van der Waals surface area contributed by atoms with Gasteiger partial charge in [0.25, 0.3) is 0 Å². The van der Waals surface area contributed by atoms with E-state index in [1.165, 1.54) is 0 Å². The van der Waals surface area contributed by atoms with Gasteiger partial charge in [-0.25, -0.2) is 14.4 Å². The van der Waals surface area contributed by atoms with Crippen molar-refractivity contribution in [2.45, 2.75) is 0 Å². The molecule has 0 saturated carbocycles. The van der Waals surface area contributed by atoms with Gasteiger partial charge >= 0.3 is 32.3 Å². The molecule has 2 amide bonds. The minimum absolute atomic E-state index is 0.203. The molecular formula is C5H4B2N4O6. The molecular weight excluding hydrogens is 234 g/mol. The largest absolute Gasteiger partial charge is 0.415 e. The Morgan fingerprint density at radius 3 is 1.71 bits per heavy atom. The van der Waals surface area contributed by atoms with Crippen LogP contribution in [0.4, 0.5) is 0 Å². The number of nitrogens with one attached hydrogen (secondary N) is 2. The lowest BCUT2D eigenvalue weighted by molar-refractivity contribution is -0.108. The summed E-state index contributed by atoms with van der Waals surface area (Å²) in [5.74, 6) is -2.55. The molecule has 1 heterocycles. The zero-order chi connectivity index (χ0) is 12.8. The monoisotopic (exact) mass is 238 g/mol. The summed E-state index contributed by atoms with van der Waals surface area (Å²) in [6.07, 6.45) is 0.406. The average Bonchev–Trinajstić information content (AvgIpc) is 2.28. The Kier molecular flexibility index (Phi) is 4.08. The van der Waals surface area contributed by atoms with Crippen molar-refractivity contribution < 1.29 is 14.0 Å². The van der Waals surface area contributed by atoms with E-state index in [2.05, 4.69) is 4.42 Å². The third-order valence-electron chi connectivity index (χ3n) is 1.52. The Morgan fingerprint density at radius 2 is 1.35 bits per heavy atom. The van der Waals surface area contributed by atoms with Gasteiger partial charge in [0.15, 0.2) is 12.8 Å². The smallest absolute Gasteiger partial charge is 0.385 e. The zero-order valence-corrected chi connectivity index (χ0v) is 8.15. The van der Waals surface area contributed by atoms with Gasteiger partial charge in [-0.2, -0.15) is 0 Å². The zero-order valence-electron chi connectivity index (χ0n) is 8.15. The molecule has 0 aliphatic rings. The molecule has 0 atom stereocenters. The third kappa shape index (κ3) is 2.74. The lowest BCUT2D eigenvalue weighted by atomic mass is 10.1. The van der Waals surface area contributed by atoms with Crippen molar-refractivity contribution >= 4 is 27.9 Å². The highest BCUT2D eigenvalue weighted by Crippen LogP contribution is 1.62. The van der Waals surface area contributed by atoms with Gasteiger partial charge in [-0.1, -0.05) is 0 Å². The molecule has 0 bridgehead atoms. The molecule has 0 saturated heterocycles. The van der Waals surface area contributed by atoms with Crippen molar-refractivity contribution in [3.8, 4) is 0 Å². The van der Waals surface area contributed by atoms with Crippen LogP contribution < -0.4 is 27.7 Å². The van der Waals surface area contributed by atoms with Crippen molar-refractivity contribution in [3.63, 3.8) is 0 Å². The molecule has 0 fully saturated rings. The Hall–Kier alpha value is -2.52. The molecule has 17 heavy (non-hydrogen) atoms. The number of nitrogens with zero attached hydrogens (tertiary/aromatic N) is 2. The van der Waals surface area contributed by atoms with Crippen LogP contribution in [-0.2, 0) is 9.59 Å². The molecule has 0 spiro atoms. The molecule has 1 aromatic rings. The van der Waals surface area contributed by atoms with Gasteiger partial charge in [0.1, 0.15) is 0 Å². The summed E-state index contributed by atoms with van der Waals surface area (Å²) in [5, 5.41) is 3.85. The first-order valence-corrected chi connectivity index (χ1v) is 4.06. The molecule has 0 aliphatic carbocycles. The molecule has 0 aliphatic heterocycles. The van der Waals surface area contributed by atoms with Crippen LogP contribution in [0.1, 0.15) is 0 Å². The van der Waals surface area contributed by atoms with Crippen LogP contribution in [0.5, 0.6) is 0 Å². The Bertz CT molecular complexity index is 540. The van der Waals surface area contributed by atoms with Crippen molar-refractivity contribution in [1.82, 2.24) is 19.4 Å². The fraction of sp³-hybridized carbons (Fsp3) is 0. The minimum atomic E-state index is -1.27. The van der Waals surface area contributed by atoms with E-state index >= 15 is 0 Å². The summed E-state index contributed by atoms with van der Waals surface area (Å²) >= 11 is 0. The van der Waals surface area contributed by atoms with Crippen LogP contribution in [0.25, 0.3) is 0 Å². The molecule has 2 N–H and O–H groups in total. The summed E-state index contributed by atoms with van der Waals surface area (Å²) < 4.78 is 4.82. The standard InChI is InChI=1S/C5H4B2N4O6/c12-1-8-6-10-3(14)11(7-9-2-13)5(16)17-4(10)15/h1-2H,(H,8,12)(H,9,13). The Morgan fingerprint density at radius 1 is 0.941 bits per heavy atom. The van der Waals surface area contributed by atoms with Gasteiger partial charge in [0, 0.05) is 0 Å². The van der Waals surface area contributed by atoms with E-state index in [4.69, 9.17) is 0 Å². The summed E-state index contributed by atoms with van der Waals surface area (Å²) in [7, 11) is 1.40. The maximum Gasteiger partial charge on any atom is 0.415 e. The number of carbonyl (C=O) groups excluding carboxylic acids is 2. The maximum atomic E-state index is 11.5. The molecule has 10 nitrogen and oxygen atoms in total. The van der Waals surface area contributed by atoms with E-state index in [1.54, 1.807) is 0 Å². The minimum Gasteiger partial charge on any atom is -0.385 e. The quantitative estimate of drug-likeness (QED) is 0.377. The van der Waals surface area contributed by atoms with Crippen molar-refractivity contribution in [1.29, 1.82) is 0 Å². The molecule has 0 aromatic carbocycles. The van der Waals surface area contributed by atoms with Crippen LogP contribution >= 0.6 is 0 Å². The van der Waals surface area contributed by atoms with Crippen LogP contribution in [0.2, 0.25) is 0 Å². The molecule has 12 heteroatoms. The highest BCUT2D eigenvalue weighted by atomic mass is 16.5. The third-order valence-corrected chi connectivity index (χ3v) is 1.52. The first-order valence-electron chi connectivity index (χ1n) is 4.06. The number of amides is 2. The van der Waals surface area contributed by atoms with E-state index in [9.17, 15) is 24.0 Å². The molecule has 1 rings (SSSR count). The van der Waals surface area contributed by atoms with Crippen molar-refractivity contribution in [2.24, 2.45) is 0 Å². The summed E-state index contributed by atoms with van der Waals surface area (Å²) in [6.45, 7) is 0. The van der Waals surface area contributed by atoms with Crippen LogP contribution in [0.3, 0.4) is 0 Å². The fourth-order valence-electron chi connectivity index (χ4n) is 0.871. The normalized spacial score (nSPS) is 9.18. The first kappa shape index (κ1) is 12.5. The molecule has 2 radical (unpaired) electrons. The lowest BCUT2D eigenvalue weighted by Gasteiger charge is -2.03. The van der Waals surface area contributed by atoms with Gasteiger partial charge in [-0.15, -0.1) is 0 Å². The highest BCUT2D eigenvalue weighted by Gasteiger charge is 2.13. The second-order valence-corrected chi connectivity index (χ2v) is 2.48. The van der Waals surface area contributed by atoms with Crippen LogP contribution in [-0.4, -0.2) is 36.9 Å². The SMILES string of the molecule is O=CN[B]n1c(=O)oc(=O)n([B]NC=O)c1=O. The number of hydrogen-bond acceptors (Lipinski definition) is 6. The lowest BCUT2D eigenvalue weighted by Crippen LogP contribution is -2.54. The molecule has 86 valence electrons. The Labute approximate surface area is 93.8 Å². The summed E-state index contributed by atoms with van der Waals surface area (Å²) in [4.78, 5) is 53.7. The van der Waals surface area contributed by atoms with Gasteiger partial charge in [-0.3, -0.25) is 18.5 Å². The van der Waals surface area contributed by atoms with Gasteiger partial charge < -0.3 is 14.9 Å². The topological polar surface area (TPSA) is 132 Å². The van der Waals surface area contributed by atoms with E-state index < -0.39 is 17.2 Å². The van der Waals surface area contributed by atoms with E-state index in [-0.39, 0.29) is 12.8 Å². The highest BCUT2D eigenvalue weighted by molar-refractivity contribution is 6.34. The number of aromatic nitrogens is 2. The van der Waals surface area contributed by atoms with Crippen LogP contribution in [0.15, 0.2) is 18.8 Å². The Balaban J connectivity index is 3.27. The van der Waals surface area contributed by atoms with Crippen LogP contribution in [0, 0.1) is 0 Å². The molecule has 0 unspecified atom stereocenters. The van der Waals surface area contributed by atoms with E-state index in [0.717, 1.165) is 0 Å². The van der Waals surface area contributed by atoms with Gasteiger partial charge in [-0.05, 0) is 0 Å². The average molecular weight is 238 g/mol. The second kappa shape index (κ2) is 5.53. The number of hydrogen-bond donors (Lipinski definition) is 2.